The lowest BCUT2D eigenvalue weighted by molar-refractivity contribution is -0.159. The van der Waals surface area contributed by atoms with E-state index in [4.69, 9.17) is 22.1 Å². The Labute approximate surface area is 185 Å². The molecule has 4 rings (SSSR count). The molecule has 0 saturated heterocycles. The maximum Gasteiger partial charge on any atom is 0.321 e. The molecule has 3 aromatic carbocycles. The van der Waals surface area contributed by atoms with Gasteiger partial charge in [-0.3, -0.25) is 9.59 Å². The van der Waals surface area contributed by atoms with E-state index in [1.807, 2.05) is 48.5 Å². The predicted molar refractivity (Wildman–Crippen MR) is 119 cm³/mol. The molecule has 0 aromatic heterocycles. The molecule has 0 aliphatic heterocycles. The maximum atomic E-state index is 12.8. The summed E-state index contributed by atoms with van der Waals surface area (Å²) in [5.74, 6) is -3.74. The molecular formula is C25H22ClNO4. The van der Waals surface area contributed by atoms with Crippen molar-refractivity contribution in [2.75, 3.05) is 6.61 Å². The lowest BCUT2D eigenvalue weighted by Gasteiger charge is -2.21. The van der Waals surface area contributed by atoms with Crippen molar-refractivity contribution in [3.63, 3.8) is 0 Å². The van der Waals surface area contributed by atoms with Gasteiger partial charge in [0, 0.05) is 17.0 Å². The zero-order valence-electron chi connectivity index (χ0n) is 16.7. The quantitative estimate of drug-likeness (QED) is 0.427. The molecule has 5 nitrogen and oxygen atoms in total. The standard InChI is InChI=1S/C25H22ClNO4/c26-16-7-5-6-15(12-16)13-22(27)23(24(28)29)25(30)31-14-21-19-10-3-1-8-17(19)18-9-2-4-11-20(18)21/h1-12,21-23H,13-14,27H2,(H,28,29)/t22-,23+/m0/s1. The number of carbonyl (C=O) groups excluding carboxylic acids is 1. The van der Waals surface area contributed by atoms with Gasteiger partial charge in [-0.25, -0.2) is 0 Å². The van der Waals surface area contributed by atoms with E-state index >= 15 is 0 Å². The van der Waals surface area contributed by atoms with Gasteiger partial charge in [-0.1, -0.05) is 72.3 Å². The molecule has 1 aliphatic carbocycles. The summed E-state index contributed by atoms with van der Waals surface area (Å²) in [6.45, 7) is 0.0561. The molecule has 0 amide bonds. The average molecular weight is 436 g/mol. The van der Waals surface area contributed by atoms with Gasteiger partial charge in [0.2, 0.25) is 0 Å². The summed E-state index contributed by atoms with van der Waals surface area (Å²) < 4.78 is 5.52. The Morgan fingerprint density at radius 3 is 2.16 bits per heavy atom. The first-order chi connectivity index (χ1) is 15.0. The smallest absolute Gasteiger partial charge is 0.321 e. The molecule has 158 valence electrons. The van der Waals surface area contributed by atoms with Gasteiger partial charge in [0.25, 0.3) is 0 Å². The van der Waals surface area contributed by atoms with Crippen LogP contribution in [0.4, 0.5) is 0 Å². The third-order valence-corrected chi connectivity index (χ3v) is 5.90. The summed E-state index contributed by atoms with van der Waals surface area (Å²) in [6, 6.07) is 22.0. The summed E-state index contributed by atoms with van der Waals surface area (Å²) in [5.41, 5.74) is 11.2. The highest BCUT2D eigenvalue weighted by Crippen LogP contribution is 2.44. The first-order valence-corrected chi connectivity index (χ1v) is 10.4. The summed E-state index contributed by atoms with van der Waals surface area (Å²) in [4.78, 5) is 24.6. The molecule has 0 unspecified atom stereocenters. The topological polar surface area (TPSA) is 89.6 Å². The normalized spacial score (nSPS) is 14.4. The van der Waals surface area contributed by atoms with Crippen molar-refractivity contribution in [3.05, 3.63) is 94.5 Å². The van der Waals surface area contributed by atoms with E-state index in [9.17, 15) is 14.7 Å². The number of halogens is 1. The minimum absolute atomic E-state index is 0.0561. The molecule has 0 heterocycles. The van der Waals surface area contributed by atoms with E-state index < -0.39 is 23.9 Å². The van der Waals surface area contributed by atoms with Crippen LogP contribution in [0, 0.1) is 5.92 Å². The summed E-state index contributed by atoms with van der Waals surface area (Å²) in [5, 5.41) is 10.2. The highest BCUT2D eigenvalue weighted by Gasteiger charge is 2.36. The van der Waals surface area contributed by atoms with Crippen molar-refractivity contribution in [2.45, 2.75) is 18.4 Å². The number of hydrogen-bond donors (Lipinski definition) is 2. The molecule has 0 radical (unpaired) electrons. The van der Waals surface area contributed by atoms with Crippen LogP contribution in [-0.4, -0.2) is 29.7 Å². The molecule has 0 bridgehead atoms. The fourth-order valence-corrected chi connectivity index (χ4v) is 4.42. The van der Waals surface area contributed by atoms with Crippen LogP contribution < -0.4 is 5.73 Å². The van der Waals surface area contributed by atoms with Crippen LogP contribution in [0.3, 0.4) is 0 Å². The zero-order valence-corrected chi connectivity index (χ0v) is 17.5. The lowest BCUT2D eigenvalue weighted by atomic mass is 9.94. The van der Waals surface area contributed by atoms with Crippen molar-refractivity contribution < 1.29 is 19.4 Å². The van der Waals surface area contributed by atoms with Gasteiger partial charge < -0.3 is 15.6 Å². The number of esters is 1. The fraction of sp³-hybridized carbons (Fsp3) is 0.200. The number of rotatable bonds is 7. The second kappa shape index (κ2) is 8.92. The second-order valence-corrected chi connectivity index (χ2v) is 8.11. The summed E-state index contributed by atoms with van der Waals surface area (Å²) >= 11 is 5.99. The SMILES string of the molecule is N[C@@H](Cc1cccc(Cl)c1)[C@H](C(=O)O)C(=O)OCC1c2ccccc2-c2ccccc21. The number of hydrogen-bond acceptors (Lipinski definition) is 4. The molecule has 31 heavy (non-hydrogen) atoms. The van der Waals surface area contributed by atoms with E-state index in [0.29, 0.717) is 5.02 Å². The Balaban J connectivity index is 1.49. The van der Waals surface area contributed by atoms with Crippen LogP contribution in [0.1, 0.15) is 22.6 Å². The lowest BCUT2D eigenvalue weighted by Crippen LogP contribution is -2.43. The maximum absolute atomic E-state index is 12.8. The van der Waals surface area contributed by atoms with Crippen LogP contribution in [0.15, 0.2) is 72.8 Å². The van der Waals surface area contributed by atoms with Crippen molar-refractivity contribution >= 4 is 23.5 Å². The molecule has 3 N–H and O–H groups in total. The van der Waals surface area contributed by atoms with Gasteiger partial charge in [-0.05, 0) is 46.4 Å². The molecule has 6 heteroatoms. The monoisotopic (exact) mass is 435 g/mol. The van der Waals surface area contributed by atoms with Crippen molar-refractivity contribution in [3.8, 4) is 11.1 Å². The summed E-state index contributed by atoms with van der Waals surface area (Å²) in [6.07, 6.45) is 0.196. The average Bonchev–Trinajstić information content (AvgIpc) is 3.06. The predicted octanol–water partition coefficient (Wildman–Crippen LogP) is 4.27. The Kier molecular flexibility index (Phi) is 6.07. The Morgan fingerprint density at radius 2 is 1.58 bits per heavy atom. The molecule has 1 aliphatic rings. The number of ether oxygens (including phenoxy) is 1. The first kappa shape index (κ1) is 21.1. The molecule has 0 fully saturated rings. The van der Waals surface area contributed by atoms with E-state index in [1.54, 1.807) is 24.3 Å². The van der Waals surface area contributed by atoms with Gasteiger partial charge in [0.15, 0.2) is 5.92 Å². The highest BCUT2D eigenvalue weighted by atomic mass is 35.5. The van der Waals surface area contributed by atoms with Crippen molar-refractivity contribution in [1.29, 1.82) is 0 Å². The highest BCUT2D eigenvalue weighted by molar-refractivity contribution is 6.30. The Hall–Kier alpha value is -3.15. The van der Waals surface area contributed by atoms with Crippen LogP contribution in [0.25, 0.3) is 11.1 Å². The molecule has 0 spiro atoms. The van der Waals surface area contributed by atoms with Gasteiger partial charge in [-0.15, -0.1) is 0 Å². The number of carbonyl (C=O) groups is 2. The van der Waals surface area contributed by atoms with Gasteiger partial charge >= 0.3 is 11.9 Å². The van der Waals surface area contributed by atoms with Gasteiger partial charge in [0.05, 0.1) is 0 Å². The fourth-order valence-electron chi connectivity index (χ4n) is 4.21. The van der Waals surface area contributed by atoms with Crippen LogP contribution in [0.5, 0.6) is 0 Å². The van der Waals surface area contributed by atoms with E-state index in [-0.39, 0.29) is 18.9 Å². The number of benzene rings is 3. The van der Waals surface area contributed by atoms with Crippen LogP contribution >= 0.6 is 11.6 Å². The molecule has 3 aromatic rings. The van der Waals surface area contributed by atoms with Crippen molar-refractivity contribution in [1.82, 2.24) is 0 Å². The number of carboxylic acid groups (broad SMARTS) is 1. The molecule has 0 saturated carbocycles. The zero-order chi connectivity index (χ0) is 22.0. The first-order valence-electron chi connectivity index (χ1n) is 10.0. The molecule has 2 atom stereocenters. The number of fused-ring (bicyclic) bond motifs is 3. The van der Waals surface area contributed by atoms with Crippen LogP contribution in [-0.2, 0) is 20.7 Å². The van der Waals surface area contributed by atoms with E-state index in [1.165, 1.54) is 0 Å². The molecular weight excluding hydrogens is 414 g/mol. The summed E-state index contributed by atoms with van der Waals surface area (Å²) in [7, 11) is 0. The Bertz CT molecular complexity index is 1080. The van der Waals surface area contributed by atoms with Crippen LogP contribution in [0.2, 0.25) is 5.02 Å². The van der Waals surface area contributed by atoms with E-state index in [2.05, 4.69) is 0 Å². The number of carboxylic acids is 1. The number of aliphatic carboxylic acids is 1. The minimum Gasteiger partial charge on any atom is -0.481 e. The third kappa shape index (κ3) is 4.33. The minimum atomic E-state index is -1.47. The Morgan fingerprint density at radius 1 is 0.968 bits per heavy atom. The van der Waals surface area contributed by atoms with Gasteiger partial charge in [-0.2, -0.15) is 0 Å². The third-order valence-electron chi connectivity index (χ3n) is 5.66. The van der Waals surface area contributed by atoms with Gasteiger partial charge in [0.1, 0.15) is 6.61 Å². The second-order valence-electron chi connectivity index (χ2n) is 7.67. The number of nitrogens with two attached hydrogens (primary N) is 1. The van der Waals surface area contributed by atoms with E-state index in [0.717, 1.165) is 27.8 Å². The van der Waals surface area contributed by atoms with Crippen molar-refractivity contribution in [2.24, 2.45) is 11.7 Å². The largest absolute Gasteiger partial charge is 0.481 e.